The Balaban J connectivity index is 1.13. The first-order valence-electron chi connectivity index (χ1n) is 15.6. The maximum atomic E-state index is 3.82. The first kappa shape index (κ1) is 24.7. The summed E-state index contributed by atoms with van der Waals surface area (Å²) in [4.78, 5) is 0. The maximum Gasteiger partial charge on any atom is 0.0463 e. The first-order chi connectivity index (χ1) is 21.3. The largest absolute Gasteiger partial charge is 0.355 e. The molecule has 9 rings (SSSR count). The minimum Gasteiger partial charge on any atom is -0.355 e. The van der Waals surface area contributed by atoms with Crippen molar-refractivity contribution in [1.29, 1.82) is 0 Å². The van der Waals surface area contributed by atoms with E-state index in [1.54, 1.807) is 0 Å². The molecular weight excluding hydrogens is 518 g/mol. The standard InChI is InChI=1S/C42H33N/c1-2-12-29(13-3-1)31-14-7-11-21-40(31)43-30-22-23-35-34-17-6-10-20-38(34)42(39(35)28-30)26-24-41(25-27-42)36-18-8-4-15-32(36)33-16-5-9-19-37(33)41/h1-23,28,43H,24-27H2. The highest BCUT2D eigenvalue weighted by molar-refractivity contribution is 5.86. The van der Waals surface area contributed by atoms with Crippen LogP contribution >= 0.6 is 0 Å². The van der Waals surface area contributed by atoms with E-state index in [9.17, 15) is 0 Å². The third-order valence-corrected chi connectivity index (χ3v) is 10.7. The van der Waals surface area contributed by atoms with Gasteiger partial charge in [0.1, 0.15) is 0 Å². The predicted molar refractivity (Wildman–Crippen MR) is 179 cm³/mol. The summed E-state index contributed by atoms with van der Waals surface area (Å²) in [6, 6.07) is 53.9. The molecule has 3 aliphatic rings. The van der Waals surface area contributed by atoms with Crippen LogP contribution in [0.3, 0.4) is 0 Å². The van der Waals surface area contributed by atoms with Crippen LogP contribution < -0.4 is 5.32 Å². The summed E-state index contributed by atoms with van der Waals surface area (Å²) in [5.41, 5.74) is 16.6. The van der Waals surface area contributed by atoms with Gasteiger partial charge >= 0.3 is 0 Å². The van der Waals surface area contributed by atoms with Crippen LogP contribution in [0.4, 0.5) is 11.4 Å². The molecule has 1 nitrogen and oxygen atoms in total. The molecule has 0 amide bonds. The van der Waals surface area contributed by atoms with Gasteiger partial charge in [0.15, 0.2) is 0 Å². The van der Waals surface area contributed by atoms with Gasteiger partial charge in [0, 0.05) is 27.8 Å². The Kier molecular flexibility index (Phi) is 5.35. The second-order valence-electron chi connectivity index (χ2n) is 12.6. The molecule has 1 N–H and O–H groups in total. The maximum absolute atomic E-state index is 3.82. The Morgan fingerprint density at radius 2 is 0.814 bits per heavy atom. The van der Waals surface area contributed by atoms with Gasteiger partial charge in [0.05, 0.1) is 0 Å². The number of hydrogen-bond acceptors (Lipinski definition) is 1. The van der Waals surface area contributed by atoms with E-state index in [2.05, 4.69) is 151 Å². The predicted octanol–water partition coefficient (Wildman–Crippen LogP) is 10.9. The topological polar surface area (TPSA) is 12.0 Å². The van der Waals surface area contributed by atoms with Crippen LogP contribution in [0.25, 0.3) is 33.4 Å². The SMILES string of the molecule is c1ccc(-c2ccccc2Nc2ccc3c(c2)C2(CCC4(CC2)c2ccccc2-c2ccccc24)c2ccccc2-3)cc1. The lowest BCUT2D eigenvalue weighted by Gasteiger charge is -2.45. The van der Waals surface area contributed by atoms with Gasteiger partial charge in [0.2, 0.25) is 0 Å². The number of nitrogens with one attached hydrogen (secondary N) is 1. The third-order valence-electron chi connectivity index (χ3n) is 10.7. The van der Waals surface area contributed by atoms with E-state index in [0.717, 1.165) is 37.1 Å². The molecule has 2 spiro atoms. The van der Waals surface area contributed by atoms with Crippen LogP contribution in [0.15, 0.2) is 146 Å². The van der Waals surface area contributed by atoms with Gasteiger partial charge in [0.25, 0.3) is 0 Å². The molecule has 0 aromatic heterocycles. The third kappa shape index (κ3) is 3.52. The summed E-state index contributed by atoms with van der Waals surface area (Å²) < 4.78 is 0. The van der Waals surface area contributed by atoms with E-state index in [4.69, 9.17) is 0 Å². The molecule has 6 aromatic carbocycles. The molecule has 0 unspecified atom stereocenters. The second kappa shape index (κ2) is 9.31. The fraction of sp³-hybridized carbons (Fsp3) is 0.143. The molecule has 0 saturated heterocycles. The molecule has 3 aliphatic carbocycles. The van der Waals surface area contributed by atoms with Gasteiger partial charge in [-0.15, -0.1) is 0 Å². The number of anilines is 2. The lowest BCUT2D eigenvalue weighted by atomic mass is 9.57. The summed E-state index contributed by atoms with van der Waals surface area (Å²) in [6.45, 7) is 0. The van der Waals surface area contributed by atoms with E-state index in [-0.39, 0.29) is 10.8 Å². The Morgan fingerprint density at radius 3 is 1.40 bits per heavy atom. The lowest BCUT2D eigenvalue weighted by molar-refractivity contribution is 0.265. The average molecular weight is 552 g/mol. The van der Waals surface area contributed by atoms with Gasteiger partial charge in [-0.25, -0.2) is 0 Å². The number of fused-ring (bicyclic) bond motifs is 10. The molecule has 1 heteroatoms. The highest BCUT2D eigenvalue weighted by Crippen LogP contribution is 2.63. The van der Waals surface area contributed by atoms with Crippen LogP contribution in [-0.2, 0) is 10.8 Å². The molecule has 1 saturated carbocycles. The molecular formula is C42H33N. The Labute approximate surface area is 253 Å². The number of rotatable bonds is 3. The minimum atomic E-state index is 0.0281. The van der Waals surface area contributed by atoms with E-state index < -0.39 is 0 Å². The highest BCUT2D eigenvalue weighted by Gasteiger charge is 2.52. The number of hydrogen-bond donors (Lipinski definition) is 1. The van der Waals surface area contributed by atoms with Crippen LogP contribution in [0.2, 0.25) is 0 Å². The van der Waals surface area contributed by atoms with Crippen molar-refractivity contribution < 1.29 is 0 Å². The fourth-order valence-electron chi connectivity index (χ4n) is 8.75. The molecule has 0 radical (unpaired) electrons. The molecule has 0 heterocycles. The Bertz CT molecular complexity index is 1960. The number of para-hydroxylation sites is 1. The summed E-state index contributed by atoms with van der Waals surface area (Å²) in [5, 5.41) is 3.82. The zero-order valence-electron chi connectivity index (χ0n) is 24.2. The minimum absolute atomic E-state index is 0.0281. The van der Waals surface area contributed by atoms with Crippen molar-refractivity contribution in [2.75, 3.05) is 5.32 Å². The van der Waals surface area contributed by atoms with Crippen molar-refractivity contribution in [3.05, 3.63) is 168 Å². The average Bonchev–Trinajstić information content (AvgIpc) is 3.50. The van der Waals surface area contributed by atoms with Crippen LogP contribution in [0.1, 0.15) is 47.9 Å². The van der Waals surface area contributed by atoms with Crippen LogP contribution in [0.5, 0.6) is 0 Å². The van der Waals surface area contributed by atoms with E-state index >= 15 is 0 Å². The van der Waals surface area contributed by atoms with Gasteiger partial charge < -0.3 is 5.32 Å². The molecule has 0 atom stereocenters. The molecule has 1 fully saturated rings. The normalized spacial score (nSPS) is 16.4. The smallest absolute Gasteiger partial charge is 0.0463 e. The summed E-state index contributed by atoms with van der Waals surface area (Å²) in [5.74, 6) is 0. The van der Waals surface area contributed by atoms with Crippen molar-refractivity contribution >= 4 is 11.4 Å². The van der Waals surface area contributed by atoms with Crippen molar-refractivity contribution in [1.82, 2.24) is 0 Å². The quantitative estimate of drug-likeness (QED) is 0.231. The summed E-state index contributed by atoms with van der Waals surface area (Å²) in [6.07, 6.45) is 4.60. The van der Waals surface area contributed by atoms with Crippen LogP contribution in [-0.4, -0.2) is 0 Å². The zero-order valence-corrected chi connectivity index (χ0v) is 24.2. The van der Waals surface area contributed by atoms with E-state index in [1.165, 1.54) is 55.6 Å². The van der Waals surface area contributed by atoms with Crippen molar-refractivity contribution in [3.8, 4) is 33.4 Å². The molecule has 0 aliphatic heterocycles. The van der Waals surface area contributed by atoms with Crippen molar-refractivity contribution in [3.63, 3.8) is 0 Å². The number of benzene rings is 6. The van der Waals surface area contributed by atoms with Gasteiger partial charge in [-0.1, -0.05) is 127 Å². The summed E-state index contributed by atoms with van der Waals surface area (Å²) >= 11 is 0. The monoisotopic (exact) mass is 551 g/mol. The Morgan fingerprint density at radius 1 is 0.372 bits per heavy atom. The first-order valence-corrected chi connectivity index (χ1v) is 15.6. The highest BCUT2D eigenvalue weighted by atomic mass is 14.9. The molecule has 0 bridgehead atoms. The fourth-order valence-corrected chi connectivity index (χ4v) is 8.75. The van der Waals surface area contributed by atoms with Gasteiger partial charge in [-0.3, -0.25) is 0 Å². The van der Waals surface area contributed by atoms with Crippen molar-refractivity contribution in [2.24, 2.45) is 0 Å². The molecule has 206 valence electrons. The van der Waals surface area contributed by atoms with E-state index in [1.807, 2.05) is 0 Å². The zero-order chi connectivity index (χ0) is 28.4. The van der Waals surface area contributed by atoms with E-state index in [0.29, 0.717) is 0 Å². The van der Waals surface area contributed by atoms with Gasteiger partial charge in [-0.2, -0.15) is 0 Å². The van der Waals surface area contributed by atoms with Crippen molar-refractivity contribution in [2.45, 2.75) is 36.5 Å². The van der Waals surface area contributed by atoms with Gasteiger partial charge in [-0.05, 0) is 94.0 Å². The second-order valence-corrected chi connectivity index (χ2v) is 12.6. The molecule has 43 heavy (non-hydrogen) atoms. The Hall–Kier alpha value is -4.88. The van der Waals surface area contributed by atoms with Crippen LogP contribution in [0, 0.1) is 0 Å². The lowest BCUT2D eigenvalue weighted by Crippen LogP contribution is -2.39. The summed E-state index contributed by atoms with van der Waals surface area (Å²) in [7, 11) is 0. The molecule has 6 aromatic rings.